The van der Waals surface area contributed by atoms with Gasteiger partial charge in [-0.05, 0) is 36.2 Å². The van der Waals surface area contributed by atoms with Crippen LogP contribution in [-0.4, -0.2) is 51.4 Å². The summed E-state index contributed by atoms with van der Waals surface area (Å²) in [6, 6.07) is 25.9. The average molecular weight is 498 g/mol. The summed E-state index contributed by atoms with van der Waals surface area (Å²) >= 11 is 6.73. The largest absolute Gasteiger partial charge is 0.336 e. The molecule has 1 saturated heterocycles. The molecule has 1 atom stereocenters. The van der Waals surface area contributed by atoms with Crippen molar-refractivity contribution in [3.05, 3.63) is 106 Å². The molecule has 0 spiro atoms. The van der Waals surface area contributed by atoms with E-state index < -0.39 is 0 Å². The second-order valence-corrected chi connectivity index (χ2v) is 9.84. The monoisotopic (exact) mass is 497 g/mol. The average Bonchev–Trinajstić information content (AvgIpc) is 3.27. The Morgan fingerprint density at radius 3 is 2.42 bits per heavy atom. The summed E-state index contributed by atoms with van der Waals surface area (Å²) in [4.78, 5) is 23.3. The van der Waals surface area contributed by atoms with Gasteiger partial charge in [-0.15, -0.1) is 0 Å². The number of nitrogens with zero attached hydrogens (tertiary/aromatic N) is 4. The number of halogens is 1. The van der Waals surface area contributed by atoms with E-state index in [0.29, 0.717) is 18.1 Å². The van der Waals surface area contributed by atoms with Crippen molar-refractivity contribution in [3.63, 3.8) is 0 Å². The first-order chi connectivity index (χ1) is 17.6. The predicted octanol–water partition coefficient (Wildman–Crippen LogP) is 5.32. The Balaban J connectivity index is 1.33. The second-order valence-electron chi connectivity index (χ2n) is 9.44. The van der Waals surface area contributed by atoms with E-state index in [1.165, 1.54) is 5.56 Å². The van der Waals surface area contributed by atoms with Crippen molar-refractivity contribution in [2.24, 2.45) is 0 Å². The number of carbonyl (C=O) groups is 1. The fraction of sp³-hybridized carbons (Fsp3) is 0.241. The standard InChI is InChI=1S/C29H28ClN5O/c1-20-26(28(36)34-17-15-33(16-18-34)19-21-9-3-2-4-10-21)27(22-11-5-6-12-23(22)30)35-25-14-8-7-13-24(25)32-29(35)31-20/h2-14,27H,15-19H2,1H3,(H,31,32)/t27-/m1/s1. The molecule has 1 amide bonds. The topological polar surface area (TPSA) is 53.4 Å². The lowest BCUT2D eigenvalue weighted by molar-refractivity contribution is -0.129. The fourth-order valence-electron chi connectivity index (χ4n) is 5.35. The molecule has 6 nitrogen and oxygen atoms in total. The van der Waals surface area contributed by atoms with E-state index in [1.807, 2.05) is 66.4 Å². The number of fused-ring (bicyclic) bond motifs is 3. The number of hydrogen-bond donors (Lipinski definition) is 1. The third kappa shape index (κ3) is 4.06. The first-order valence-electron chi connectivity index (χ1n) is 12.3. The molecule has 36 heavy (non-hydrogen) atoms. The molecule has 4 aromatic rings. The molecule has 3 heterocycles. The SMILES string of the molecule is CC1=C(C(=O)N2CCN(Cc3ccccc3)CC2)[C@@H](c2ccccc2Cl)n2c(nc3ccccc32)N1. The van der Waals surface area contributed by atoms with Gasteiger partial charge in [-0.25, -0.2) is 4.98 Å². The highest BCUT2D eigenvalue weighted by Crippen LogP contribution is 2.41. The highest BCUT2D eigenvalue weighted by molar-refractivity contribution is 6.31. The number of rotatable bonds is 4. The summed E-state index contributed by atoms with van der Waals surface area (Å²) in [6.07, 6.45) is 0. The minimum absolute atomic E-state index is 0.0488. The maximum Gasteiger partial charge on any atom is 0.254 e. The Hall–Kier alpha value is -3.61. The number of aromatic nitrogens is 2. The molecular weight excluding hydrogens is 470 g/mol. The molecule has 0 unspecified atom stereocenters. The summed E-state index contributed by atoms with van der Waals surface area (Å²) in [6.45, 7) is 5.93. The van der Waals surface area contributed by atoms with Gasteiger partial charge in [-0.3, -0.25) is 14.3 Å². The van der Waals surface area contributed by atoms with E-state index in [-0.39, 0.29) is 11.9 Å². The molecule has 0 aliphatic carbocycles. The van der Waals surface area contributed by atoms with Gasteiger partial charge in [0, 0.05) is 43.4 Å². The maximum atomic E-state index is 14.1. The summed E-state index contributed by atoms with van der Waals surface area (Å²) in [5.41, 5.74) is 5.58. The molecule has 182 valence electrons. The molecule has 0 radical (unpaired) electrons. The predicted molar refractivity (Wildman–Crippen MR) is 144 cm³/mol. The molecule has 1 fully saturated rings. The van der Waals surface area contributed by atoms with Crippen LogP contribution in [0.15, 0.2) is 90.1 Å². The van der Waals surface area contributed by atoms with Crippen molar-refractivity contribution in [2.45, 2.75) is 19.5 Å². The Kier molecular flexibility index (Phi) is 5.99. The minimum atomic E-state index is -0.364. The molecule has 6 rings (SSSR count). The van der Waals surface area contributed by atoms with Gasteiger partial charge >= 0.3 is 0 Å². The van der Waals surface area contributed by atoms with Gasteiger partial charge in [-0.1, -0.05) is 72.3 Å². The lowest BCUT2D eigenvalue weighted by Gasteiger charge is -2.38. The lowest BCUT2D eigenvalue weighted by Crippen LogP contribution is -2.49. The van der Waals surface area contributed by atoms with Gasteiger partial charge in [0.15, 0.2) is 0 Å². The molecule has 2 aliphatic rings. The van der Waals surface area contributed by atoms with E-state index in [1.54, 1.807) is 0 Å². The second kappa shape index (κ2) is 9.45. The molecule has 3 aromatic carbocycles. The number of para-hydroxylation sites is 2. The van der Waals surface area contributed by atoms with Gasteiger partial charge < -0.3 is 10.2 Å². The Labute approximate surface area is 215 Å². The number of allylic oxidation sites excluding steroid dienone is 1. The molecule has 1 aromatic heterocycles. The van der Waals surface area contributed by atoms with Crippen molar-refractivity contribution in [1.29, 1.82) is 0 Å². The van der Waals surface area contributed by atoms with Gasteiger partial charge in [0.05, 0.1) is 22.6 Å². The van der Waals surface area contributed by atoms with Crippen LogP contribution in [0, 0.1) is 0 Å². The highest BCUT2D eigenvalue weighted by Gasteiger charge is 2.37. The molecular formula is C29H28ClN5O. The van der Waals surface area contributed by atoms with Crippen LogP contribution < -0.4 is 5.32 Å². The third-order valence-electron chi connectivity index (χ3n) is 7.17. The van der Waals surface area contributed by atoms with Crippen molar-refractivity contribution in [3.8, 4) is 0 Å². The first-order valence-corrected chi connectivity index (χ1v) is 12.7. The van der Waals surface area contributed by atoms with E-state index >= 15 is 0 Å². The van der Waals surface area contributed by atoms with Crippen LogP contribution in [0.2, 0.25) is 5.02 Å². The van der Waals surface area contributed by atoms with E-state index in [0.717, 1.165) is 53.4 Å². The smallest absolute Gasteiger partial charge is 0.254 e. The molecule has 1 N–H and O–H groups in total. The van der Waals surface area contributed by atoms with E-state index in [9.17, 15) is 4.79 Å². The number of benzene rings is 3. The van der Waals surface area contributed by atoms with E-state index in [4.69, 9.17) is 16.6 Å². The zero-order chi connectivity index (χ0) is 24.6. The minimum Gasteiger partial charge on any atom is -0.336 e. The van der Waals surface area contributed by atoms with Gasteiger partial charge in [0.2, 0.25) is 5.95 Å². The van der Waals surface area contributed by atoms with Crippen molar-refractivity contribution >= 4 is 34.5 Å². The summed E-state index contributed by atoms with van der Waals surface area (Å²) in [5, 5.41) is 4.05. The highest BCUT2D eigenvalue weighted by atomic mass is 35.5. The van der Waals surface area contributed by atoms with Crippen molar-refractivity contribution in [1.82, 2.24) is 19.4 Å². The Morgan fingerprint density at radius 1 is 0.944 bits per heavy atom. The number of imidazole rings is 1. The number of nitrogens with one attached hydrogen (secondary N) is 1. The van der Waals surface area contributed by atoms with Crippen LogP contribution >= 0.6 is 11.6 Å². The number of carbonyl (C=O) groups excluding carboxylic acids is 1. The zero-order valence-electron chi connectivity index (χ0n) is 20.2. The van der Waals surface area contributed by atoms with E-state index in [2.05, 4.69) is 39.0 Å². The van der Waals surface area contributed by atoms with Crippen molar-refractivity contribution in [2.75, 3.05) is 31.5 Å². The third-order valence-corrected chi connectivity index (χ3v) is 7.51. The van der Waals surface area contributed by atoms with Gasteiger partial charge in [-0.2, -0.15) is 0 Å². The molecule has 0 bridgehead atoms. The maximum absolute atomic E-state index is 14.1. The van der Waals surface area contributed by atoms with Crippen LogP contribution in [0.5, 0.6) is 0 Å². The van der Waals surface area contributed by atoms with Crippen molar-refractivity contribution < 1.29 is 4.79 Å². The van der Waals surface area contributed by atoms with Crippen LogP contribution in [0.1, 0.15) is 24.1 Å². The summed E-state index contributed by atoms with van der Waals surface area (Å²) in [5.74, 6) is 0.774. The van der Waals surface area contributed by atoms with Crippen LogP contribution in [0.25, 0.3) is 11.0 Å². The Morgan fingerprint density at radius 2 is 1.64 bits per heavy atom. The quantitative estimate of drug-likeness (QED) is 0.414. The summed E-state index contributed by atoms with van der Waals surface area (Å²) in [7, 11) is 0. The summed E-state index contributed by atoms with van der Waals surface area (Å²) < 4.78 is 2.11. The fourth-order valence-corrected chi connectivity index (χ4v) is 5.59. The zero-order valence-corrected chi connectivity index (χ0v) is 20.9. The molecule has 0 saturated carbocycles. The molecule has 7 heteroatoms. The first kappa shape index (κ1) is 22.8. The van der Waals surface area contributed by atoms with Crippen LogP contribution in [-0.2, 0) is 11.3 Å². The van der Waals surface area contributed by atoms with Gasteiger partial charge in [0.1, 0.15) is 0 Å². The number of amides is 1. The van der Waals surface area contributed by atoms with Crippen LogP contribution in [0.4, 0.5) is 5.95 Å². The number of hydrogen-bond acceptors (Lipinski definition) is 4. The lowest BCUT2D eigenvalue weighted by atomic mass is 9.93. The number of piperazine rings is 1. The number of anilines is 1. The van der Waals surface area contributed by atoms with Crippen LogP contribution in [0.3, 0.4) is 0 Å². The van der Waals surface area contributed by atoms with Gasteiger partial charge in [0.25, 0.3) is 5.91 Å². The molecule has 2 aliphatic heterocycles. The Bertz CT molecular complexity index is 1450. The normalized spacial score (nSPS) is 18.3.